The molecular weight excluding hydrogens is 444 g/mol. The van der Waals surface area contributed by atoms with Crippen LogP contribution in [-0.4, -0.2) is 49.7 Å². The van der Waals surface area contributed by atoms with E-state index in [0.29, 0.717) is 52.9 Å². The SMILES string of the molecule is [C-]#[N+]c1ccc(Cc2cc(Nc3cccc(-c4ncn(C)n4)c3OC)c3c(n2)CN(C)C3=O)nc1. The van der Waals surface area contributed by atoms with Crippen molar-refractivity contribution in [1.82, 2.24) is 29.6 Å². The zero-order valence-corrected chi connectivity index (χ0v) is 19.5. The summed E-state index contributed by atoms with van der Waals surface area (Å²) >= 11 is 0. The number of benzene rings is 1. The maximum atomic E-state index is 12.9. The number of nitrogens with zero attached hydrogens (tertiary/aromatic N) is 7. The standard InChI is InChI=1S/C25H22N8O2/c1-26-16-9-8-15(27-12-16)10-17-11-20(22-21(29-17)13-32(2)25(22)34)30-19-7-5-6-18(23(19)35-4)24-28-14-33(3)31-24/h5-9,11-12,14H,10,13H2,2-4H3,(H,29,30). The van der Waals surface area contributed by atoms with Gasteiger partial charge in [0.15, 0.2) is 11.6 Å². The Balaban J connectivity index is 1.55. The summed E-state index contributed by atoms with van der Waals surface area (Å²) in [6.07, 6.45) is 3.64. The average Bonchev–Trinajstić information content (AvgIpc) is 3.41. The molecule has 1 aliphatic rings. The number of fused-ring (bicyclic) bond motifs is 1. The molecule has 4 aromatic rings. The van der Waals surface area contributed by atoms with E-state index in [9.17, 15) is 4.79 Å². The van der Waals surface area contributed by atoms with Crippen LogP contribution in [0, 0.1) is 6.57 Å². The molecular formula is C25H22N8O2. The van der Waals surface area contributed by atoms with Crippen LogP contribution in [0.5, 0.6) is 5.75 Å². The molecule has 4 heterocycles. The van der Waals surface area contributed by atoms with Crippen molar-refractivity contribution in [2.45, 2.75) is 13.0 Å². The number of rotatable bonds is 6. The molecule has 1 N–H and O–H groups in total. The first-order valence-corrected chi connectivity index (χ1v) is 10.9. The number of pyridine rings is 2. The Bertz CT molecular complexity index is 1470. The van der Waals surface area contributed by atoms with Crippen LogP contribution in [0.25, 0.3) is 16.2 Å². The minimum atomic E-state index is -0.0948. The lowest BCUT2D eigenvalue weighted by Gasteiger charge is -2.16. The predicted molar refractivity (Wildman–Crippen MR) is 130 cm³/mol. The van der Waals surface area contributed by atoms with E-state index in [0.717, 1.165) is 17.0 Å². The fourth-order valence-electron chi connectivity index (χ4n) is 4.10. The topological polar surface area (TPSA) is 102 Å². The highest BCUT2D eigenvalue weighted by molar-refractivity contribution is 6.03. The molecule has 35 heavy (non-hydrogen) atoms. The number of ether oxygens (including phenoxy) is 1. The van der Waals surface area contributed by atoms with Gasteiger partial charge in [-0.1, -0.05) is 18.2 Å². The van der Waals surface area contributed by atoms with Crippen molar-refractivity contribution in [3.63, 3.8) is 0 Å². The van der Waals surface area contributed by atoms with E-state index in [1.54, 1.807) is 49.4 Å². The zero-order valence-electron chi connectivity index (χ0n) is 19.5. The quantitative estimate of drug-likeness (QED) is 0.432. The lowest BCUT2D eigenvalue weighted by atomic mass is 10.1. The summed E-state index contributed by atoms with van der Waals surface area (Å²) in [5.74, 6) is 1.02. The van der Waals surface area contributed by atoms with Crippen LogP contribution in [0.4, 0.5) is 17.1 Å². The summed E-state index contributed by atoms with van der Waals surface area (Å²) in [6, 6.07) is 11.1. The Morgan fingerprint density at radius 2 is 2.00 bits per heavy atom. The number of amides is 1. The van der Waals surface area contributed by atoms with Crippen LogP contribution in [0.15, 0.2) is 48.9 Å². The summed E-state index contributed by atoms with van der Waals surface area (Å²) in [5.41, 5.74) is 5.33. The van der Waals surface area contributed by atoms with Crippen LogP contribution >= 0.6 is 0 Å². The number of anilines is 2. The lowest BCUT2D eigenvalue weighted by molar-refractivity contribution is 0.0817. The third-order valence-electron chi connectivity index (χ3n) is 5.72. The van der Waals surface area contributed by atoms with Crippen LogP contribution in [0.3, 0.4) is 0 Å². The Labute approximate surface area is 202 Å². The van der Waals surface area contributed by atoms with E-state index in [2.05, 4.69) is 25.2 Å². The summed E-state index contributed by atoms with van der Waals surface area (Å²) in [6.45, 7) is 7.53. The number of carbonyl (C=O) groups is 1. The van der Waals surface area contributed by atoms with Crippen molar-refractivity contribution in [2.75, 3.05) is 19.5 Å². The van der Waals surface area contributed by atoms with Crippen LogP contribution in [0.2, 0.25) is 0 Å². The van der Waals surface area contributed by atoms with Gasteiger partial charge in [0.2, 0.25) is 5.69 Å². The molecule has 0 radical (unpaired) electrons. The van der Waals surface area contributed by atoms with E-state index in [-0.39, 0.29) is 5.91 Å². The van der Waals surface area contributed by atoms with Crippen molar-refractivity contribution in [3.8, 4) is 17.1 Å². The highest BCUT2D eigenvalue weighted by atomic mass is 16.5. The molecule has 0 aliphatic carbocycles. The van der Waals surface area contributed by atoms with E-state index >= 15 is 0 Å². The van der Waals surface area contributed by atoms with Gasteiger partial charge in [-0.2, -0.15) is 5.10 Å². The fraction of sp³-hybridized carbons (Fsp3) is 0.200. The molecule has 1 aromatic carbocycles. The van der Waals surface area contributed by atoms with Crippen LogP contribution < -0.4 is 10.1 Å². The molecule has 174 valence electrons. The minimum absolute atomic E-state index is 0.0948. The van der Waals surface area contributed by atoms with Crippen molar-refractivity contribution in [2.24, 2.45) is 7.05 Å². The Morgan fingerprint density at radius 3 is 2.69 bits per heavy atom. The molecule has 0 atom stereocenters. The molecule has 1 amide bonds. The third-order valence-corrected chi connectivity index (χ3v) is 5.72. The van der Waals surface area contributed by atoms with Crippen LogP contribution in [0.1, 0.15) is 27.4 Å². The van der Waals surface area contributed by atoms with E-state index in [1.165, 1.54) is 0 Å². The largest absolute Gasteiger partial charge is 0.494 e. The zero-order chi connectivity index (χ0) is 24.5. The van der Waals surface area contributed by atoms with Gasteiger partial charge in [-0.05, 0) is 18.2 Å². The van der Waals surface area contributed by atoms with Gasteiger partial charge >= 0.3 is 0 Å². The normalized spacial score (nSPS) is 12.4. The number of aromatic nitrogens is 5. The van der Waals surface area contributed by atoms with Crippen molar-refractivity contribution in [3.05, 3.63) is 83.0 Å². The summed E-state index contributed by atoms with van der Waals surface area (Å²) in [7, 11) is 5.15. The monoisotopic (exact) mass is 466 g/mol. The minimum Gasteiger partial charge on any atom is -0.494 e. The second-order valence-electron chi connectivity index (χ2n) is 8.19. The van der Waals surface area contributed by atoms with Crippen molar-refractivity contribution in [1.29, 1.82) is 0 Å². The van der Waals surface area contributed by atoms with Gasteiger partial charge in [-0.25, -0.2) is 9.83 Å². The van der Waals surface area contributed by atoms with Gasteiger partial charge in [0, 0.05) is 38.1 Å². The maximum Gasteiger partial charge on any atom is 0.257 e. The molecule has 1 aliphatic heterocycles. The van der Waals surface area contributed by atoms with Gasteiger partial charge in [0.1, 0.15) is 6.33 Å². The number of aryl methyl sites for hydroxylation is 1. The number of hydrogen-bond acceptors (Lipinski definition) is 7. The number of para-hydroxylation sites is 1. The molecule has 0 spiro atoms. The molecule has 0 saturated carbocycles. The molecule has 0 fully saturated rings. The highest BCUT2D eigenvalue weighted by Gasteiger charge is 2.30. The number of carbonyl (C=O) groups excluding carboxylic acids is 1. The van der Waals surface area contributed by atoms with E-state index in [4.69, 9.17) is 16.3 Å². The van der Waals surface area contributed by atoms with Gasteiger partial charge in [-0.3, -0.25) is 19.4 Å². The Kier molecular flexibility index (Phi) is 5.58. The molecule has 10 heteroatoms. The first-order valence-electron chi connectivity index (χ1n) is 10.9. The van der Waals surface area contributed by atoms with Gasteiger partial charge in [0.25, 0.3) is 5.91 Å². The first kappa shape index (κ1) is 22.0. The first-order chi connectivity index (χ1) is 17.0. The van der Waals surface area contributed by atoms with Crippen LogP contribution in [-0.2, 0) is 20.0 Å². The summed E-state index contributed by atoms with van der Waals surface area (Å²) in [5, 5.41) is 7.79. The van der Waals surface area contributed by atoms with E-state index in [1.807, 2.05) is 30.3 Å². The summed E-state index contributed by atoms with van der Waals surface area (Å²) in [4.78, 5) is 31.4. The van der Waals surface area contributed by atoms with Gasteiger partial charge in [-0.15, -0.1) is 0 Å². The predicted octanol–water partition coefficient (Wildman–Crippen LogP) is 3.75. The molecule has 0 saturated heterocycles. The molecule has 3 aromatic heterocycles. The van der Waals surface area contributed by atoms with Gasteiger partial charge < -0.3 is 15.0 Å². The molecule has 10 nitrogen and oxygen atoms in total. The third kappa shape index (κ3) is 4.15. The molecule has 0 bridgehead atoms. The number of nitrogens with one attached hydrogen (secondary N) is 1. The maximum absolute atomic E-state index is 12.9. The lowest BCUT2D eigenvalue weighted by Crippen LogP contribution is -2.18. The highest BCUT2D eigenvalue weighted by Crippen LogP contribution is 2.38. The van der Waals surface area contributed by atoms with Gasteiger partial charge in [0.05, 0.1) is 48.4 Å². The smallest absolute Gasteiger partial charge is 0.257 e. The molecule has 5 rings (SSSR count). The van der Waals surface area contributed by atoms with Crippen molar-refractivity contribution >= 4 is 23.0 Å². The fourth-order valence-corrected chi connectivity index (χ4v) is 4.10. The second-order valence-corrected chi connectivity index (χ2v) is 8.19. The Morgan fingerprint density at radius 1 is 1.14 bits per heavy atom. The average molecular weight is 467 g/mol. The van der Waals surface area contributed by atoms with E-state index < -0.39 is 0 Å². The number of methoxy groups -OCH3 is 1. The Hall–Kier alpha value is -4.78. The van der Waals surface area contributed by atoms with Crippen molar-refractivity contribution < 1.29 is 9.53 Å². The molecule has 0 unspecified atom stereocenters. The second kappa shape index (κ2) is 8.87. The summed E-state index contributed by atoms with van der Waals surface area (Å²) < 4.78 is 7.36. The number of hydrogen-bond donors (Lipinski definition) is 1.